The summed E-state index contributed by atoms with van der Waals surface area (Å²) in [7, 11) is 0. The van der Waals surface area contributed by atoms with E-state index in [9.17, 15) is 14.4 Å². The van der Waals surface area contributed by atoms with Gasteiger partial charge in [0.2, 0.25) is 11.0 Å². The van der Waals surface area contributed by atoms with E-state index in [1.54, 1.807) is 6.92 Å². The number of nitrogens with zero attached hydrogens (tertiary/aromatic N) is 4. The first-order valence-electron chi connectivity index (χ1n) is 10.3. The van der Waals surface area contributed by atoms with Crippen molar-refractivity contribution < 1.29 is 9.59 Å². The molecule has 0 aliphatic carbocycles. The number of nitrogens with one attached hydrogen (secondary N) is 2. The van der Waals surface area contributed by atoms with Gasteiger partial charge in [0.15, 0.2) is 0 Å². The monoisotopic (exact) mass is 482 g/mol. The zero-order valence-electron chi connectivity index (χ0n) is 18.6. The molecule has 0 fully saturated rings. The molecule has 0 saturated carbocycles. The number of anilines is 2. The van der Waals surface area contributed by atoms with E-state index in [4.69, 9.17) is 0 Å². The summed E-state index contributed by atoms with van der Waals surface area (Å²) in [5.74, 6) is -0.702. The van der Waals surface area contributed by atoms with Crippen LogP contribution in [0.2, 0.25) is 0 Å². The number of hydrogen-bond donors (Lipinski definition) is 2. The van der Waals surface area contributed by atoms with Gasteiger partial charge < -0.3 is 5.32 Å². The van der Waals surface area contributed by atoms with E-state index in [-0.39, 0.29) is 18.0 Å². The highest BCUT2D eigenvalue weighted by atomic mass is 32.1. The van der Waals surface area contributed by atoms with Gasteiger partial charge in [0.1, 0.15) is 16.4 Å². The molecule has 0 atom stereocenters. The zero-order chi connectivity index (χ0) is 23.7. The highest BCUT2D eigenvalue weighted by Gasteiger charge is 2.21. The summed E-state index contributed by atoms with van der Waals surface area (Å²) in [5.41, 5.74) is 2.94. The molecule has 0 saturated heterocycles. The van der Waals surface area contributed by atoms with Crippen molar-refractivity contribution in [3.8, 4) is 0 Å². The molecule has 0 radical (unpaired) electrons. The van der Waals surface area contributed by atoms with Gasteiger partial charge in [-0.1, -0.05) is 36.0 Å². The average molecular weight is 483 g/mol. The Hall–Kier alpha value is -3.44. The Morgan fingerprint density at radius 3 is 2.58 bits per heavy atom. The maximum absolute atomic E-state index is 13.1. The molecule has 0 bridgehead atoms. The van der Waals surface area contributed by atoms with Crippen molar-refractivity contribution in [1.82, 2.24) is 19.7 Å². The number of carbonyl (C=O) groups is 2. The van der Waals surface area contributed by atoms with Gasteiger partial charge in [0, 0.05) is 5.69 Å². The first kappa shape index (κ1) is 22.7. The highest BCUT2D eigenvalue weighted by molar-refractivity contribution is 7.20. The van der Waals surface area contributed by atoms with E-state index < -0.39 is 5.91 Å². The molecule has 2 amide bonds. The van der Waals surface area contributed by atoms with E-state index in [0.717, 1.165) is 33.9 Å². The molecule has 3 aromatic heterocycles. The number of thiophene rings is 1. The molecule has 2 N–H and O–H groups in total. The molecule has 4 aromatic rings. The van der Waals surface area contributed by atoms with Crippen molar-refractivity contribution in [2.45, 2.75) is 40.7 Å². The molecule has 0 aliphatic rings. The maximum Gasteiger partial charge on any atom is 0.266 e. The third-order valence-corrected chi connectivity index (χ3v) is 7.26. The third kappa shape index (κ3) is 4.69. The Labute approximate surface area is 197 Å². The van der Waals surface area contributed by atoms with Gasteiger partial charge in [-0.05, 0) is 44.4 Å². The largest absolute Gasteiger partial charge is 0.321 e. The first-order chi connectivity index (χ1) is 15.8. The van der Waals surface area contributed by atoms with Gasteiger partial charge in [-0.25, -0.2) is 4.98 Å². The Balaban J connectivity index is 1.57. The van der Waals surface area contributed by atoms with Crippen molar-refractivity contribution in [2.24, 2.45) is 0 Å². The smallest absolute Gasteiger partial charge is 0.266 e. The van der Waals surface area contributed by atoms with Crippen LogP contribution in [0.1, 0.15) is 38.3 Å². The number of hydrogen-bond acceptors (Lipinski definition) is 8. The van der Waals surface area contributed by atoms with Gasteiger partial charge in [-0.2, -0.15) is 0 Å². The van der Waals surface area contributed by atoms with Crippen molar-refractivity contribution in [3.63, 3.8) is 0 Å². The van der Waals surface area contributed by atoms with Gasteiger partial charge in [-0.15, -0.1) is 21.5 Å². The fourth-order valence-electron chi connectivity index (χ4n) is 3.38. The summed E-state index contributed by atoms with van der Waals surface area (Å²) < 4.78 is 1.23. The summed E-state index contributed by atoms with van der Waals surface area (Å²) in [4.78, 5) is 43.6. The lowest BCUT2D eigenvalue weighted by Gasteiger charge is -2.08. The number of benzene rings is 1. The fraction of sp³-hybridized carbons (Fsp3) is 0.273. The summed E-state index contributed by atoms with van der Waals surface area (Å²) in [6.07, 6.45) is 2.05. The second-order valence-electron chi connectivity index (χ2n) is 7.59. The molecular weight excluding hydrogens is 460 g/mol. The van der Waals surface area contributed by atoms with Crippen LogP contribution in [0, 0.1) is 20.8 Å². The Morgan fingerprint density at radius 1 is 1.09 bits per heavy atom. The van der Waals surface area contributed by atoms with Gasteiger partial charge in [-0.3, -0.25) is 24.3 Å². The lowest BCUT2D eigenvalue weighted by molar-refractivity contribution is -0.116. The molecule has 3 heterocycles. The predicted octanol–water partition coefficient (Wildman–Crippen LogP) is 3.69. The van der Waals surface area contributed by atoms with Crippen LogP contribution in [0.4, 0.5) is 10.8 Å². The van der Waals surface area contributed by atoms with Crippen LogP contribution in [0.25, 0.3) is 10.2 Å². The summed E-state index contributed by atoms with van der Waals surface area (Å²) in [6.45, 7) is 7.36. The second kappa shape index (κ2) is 9.20. The number of fused-ring (bicyclic) bond motifs is 1. The number of amides is 2. The molecule has 1 aromatic carbocycles. The first-order valence-corrected chi connectivity index (χ1v) is 11.9. The minimum Gasteiger partial charge on any atom is -0.321 e. The molecule has 170 valence electrons. The minimum atomic E-state index is -0.405. The second-order valence-corrected chi connectivity index (χ2v) is 9.65. The predicted molar refractivity (Wildman–Crippen MR) is 130 cm³/mol. The van der Waals surface area contributed by atoms with Crippen LogP contribution in [0.5, 0.6) is 0 Å². The number of aromatic nitrogens is 4. The van der Waals surface area contributed by atoms with Crippen molar-refractivity contribution in [2.75, 3.05) is 10.6 Å². The molecule has 0 aliphatic heterocycles. The van der Waals surface area contributed by atoms with E-state index in [1.165, 1.54) is 22.2 Å². The summed E-state index contributed by atoms with van der Waals surface area (Å²) in [6, 6.07) is 5.77. The standard InChI is InChI=1S/C22H22N6O3S2/c1-5-16-26-27-22(32-16)25-15(29)9-28-10-23-20-17(21(28)31)13(4)18(33-20)19(30)24-14-7-6-11(2)8-12(14)3/h6-8,10H,5,9H2,1-4H3,(H,24,30)(H,25,27,29). The van der Waals surface area contributed by atoms with E-state index in [1.807, 2.05) is 39.0 Å². The summed E-state index contributed by atoms with van der Waals surface area (Å²) >= 11 is 2.45. The number of carbonyl (C=O) groups excluding carboxylic acids is 2. The van der Waals surface area contributed by atoms with Crippen molar-refractivity contribution >= 4 is 55.5 Å². The fourth-order valence-corrected chi connectivity index (χ4v) is 5.11. The molecule has 33 heavy (non-hydrogen) atoms. The van der Waals surface area contributed by atoms with Gasteiger partial charge in [0.25, 0.3) is 11.5 Å². The van der Waals surface area contributed by atoms with Crippen LogP contribution in [-0.4, -0.2) is 31.6 Å². The molecule has 0 spiro atoms. The number of rotatable bonds is 6. The molecule has 0 unspecified atom stereocenters. The quantitative estimate of drug-likeness (QED) is 0.433. The van der Waals surface area contributed by atoms with Gasteiger partial charge in [0.05, 0.1) is 16.6 Å². The van der Waals surface area contributed by atoms with E-state index in [2.05, 4.69) is 25.8 Å². The summed E-state index contributed by atoms with van der Waals surface area (Å²) in [5, 5.41) is 15.0. The Kier molecular flexibility index (Phi) is 6.34. The van der Waals surface area contributed by atoms with Crippen LogP contribution < -0.4 is 16.2 Å². The van der Waals surface area contributed by atoms with Crippen molar-refractivity contribution in [3.05, 3.63) is 61.5 Å². The lowest BCUT2D eigenvalue weighted by atomic mass is 10.1. The van der Waals surface area contributed by atoms with Crippen LogP contribution in [0.3, 0.4) is 0 Å². The lowest BCUT2D eigenvalue weighted by Crippen LogP contribution is -2.28. The average Bonchev–Trinajstić information content (AvgIpc) is 3.36. The number of aryl methyl sites for hydroxylation is 4. The SMILES string of the molecule is CCc1nnc(NC(=O)Cn2cnc3sc(C(=O)Nc4ccc(C)cc4C)c(C)c3c2=O)s1. The molecule has 11 heteroatoms. The third-order valence-electron chi connectivity index (χ3n) is 5.08. The van der Waals surface area contributed by atoms with Crippen molar-refractivity contribution in [1.29, 1.82) is 0 Å². The van der Waals surface area contributed by atoms with Crippen LogP contribution >= 0.6 is 22.7 Å². The molecular formula is C22H22N6O3S2. The van der Waals surface area contributed by atoms with E-state index >= 15 is 0 Å². The molecule has 9 nitrogen and oxygen atoms in total. The topological polar surface area (TPSA) is 119 Å². The van der Waals surface area contributed by atoms with Gasteiger partial charge >= 0.3 is 0 Å². The zero-order valence-corrected chi connectivity index (χ0v) is 20.2. The maximum atomic E-state index is 13.1. The van der Waals surface area contributed by atoms with E-state index in [0.29, 0.717) is 31.5 Å². The van der Waals surface area contributed by atoms with Crippen LogP contribution in [-0.2, 0) is 17.8 Å². The highest BCUT2D eigenvalue weighted by Crippen LogP contribution is 2.28. The Morgan fingerprint density at radius 2 is 1.88 bits per heavy atom. The minimum absolute atomic E-state index is 0.220. The molecule has 4 rings (SSSR count). The van der Waals surface area contributed by atoms with Crippen LogP contribution in [0.15, 0.2) is 29.3 Å². The normalized spacial score (nSPS) is 11.0. The Bertz CT molecular complexity index is 1440.